The minimum atomic E-state index is -3.29. The summed E-state index contributed by atoms with van der Waals surface area (Å²) < 4.78 is 60.6. The maximum atomic E-state index is 15.0. The number of nitrogens with one attached hydrogen (secondary N) is 1. The highest BCUT2D eigenvalue weighted by molar-refractivity contribution is 5.92. The van der Waals surface area contributed by atoms with Crippen LogP contribution in [0.15, 0.2) is 30.3 Å². The van der Waals surface area contributed by atoms with Gasteiger partial charge in [0.1, 0.15) is 23.1 Å². The maximum absolute atomic E-state index is 15.0. The Morgan fingerprint density at radius 2 is 1.89 bits per heavy atom. The van der Waals surface area contributed by atoms with Gasteiger partial charge in [0.05, 0.1) is 30.3 Å². The van der Waals surface area contributed by atoms with Crippen LogP contribution in [0.3, 0.4) is 0 Å². The van der Waals surface area contributed by atoms with E-state index in [2.05, 4.69) is 15.3 Å². The normalized spacial score (nSPS) is 17.3. The zero-order valence-electron chi connectivity index (χ0n) is 21.4. The van der Waals surface area contributed by atoms with Crippen LogP contribution in [0, 0.1) is 12.7 Å². The molecular weight excluding hydrogens is 471 g/mol. The Hall–Kier alpha value is -3.07. The van der Waals surface area contributed by atoms with E-state index in [1.807, 2.05) is 13.8 Å². The molecule has 0 saturated carbocycles. The number of hydrogen-bond donors (Lipinski definition) is 1. The minimum absolute atomic E-state index is 0.0586. The number of nitrogens with zero attached hydrogens (tertiary/aromatic N) is 2. The van der Waals surface area contributed by atoms with Crippen LogP contribution in [0.25, 0.3) is 10.9 Å². The van der Waals surface area contributed by atoms with E-state index in [4.69, 9.17) is 14.2 Å². The summed E-state index contributed by atoms with van der Waals surface area (Å²) in [4.78, 5) is 9.04. The summed E-state index contributed by atoms with van der Waals surface area (Å²) in [5.41, 5.74) is -0.540. The average molecular weight is 504 g/mol. The van der Waals surface area contributed by atoms with E-state index in [1.165, 1.54) is 12.1 Å². The van der Waals surface area contributed by atoms with Gasteiger partial charge in [-0.15, -0.1) is 0 Å². The molecule has 9 heteroatoms. The minimum Gasteiger partial charge on any atom is -0.493 e. The third kappa shape index (κ3) is 5.21. The summed E-state index contributed by atoms with van der Waals surface area (Å²) in [5, 5.41) is 3.82. The topological polar surface area (TPSA) is 65.5 Å². The van der Waals surface area contributed by atoms with Crippen molar-refractivity contribution in [2.24, 2.45) is 0 Å². The molecule has 36 heavy (non-hydrogen) atoms. The highest BCUT2D eigenvalue weighted by Crippen LogP contribution is 2.39. The Bertz CT molecular complexity index is 1250. The number of benzene rings is 2. The lowest BCUT2D eigenvalue weighted by atomic mass is 9.98. The van der Waals surface area contributed by atoms with Crippen molar-refractivity contribution in [2.75, 3.05) is 19.0 Å². The van der Waals surface area contributed by atoms with E-state index in [9.17, 15) is 8.78 Å². The van der Waals surface area contributed by atoms with Crippen LogP contribution in [0.4, 0.5) is 19.0 Å². The molecule has 1 aromatic heterocycles. The Labute approximate surface area is 209 Å². The van der Waals surface area contributed by atoms with E-state index in [-0.39, 0.29) is 11.7 Å². The number of aryl methyl sites for hydroxylation is 1. The van der Waals surface area contributed by atoms with Gasteiger partial charge in [-0.1, -0.05) is 18.2 Å². The molecule has 1 aliphatic heterocycles. The highest BCUT2D eigenvalue weighted by atomic mass is 19.3. The Kier molecular flexibility index (Phi) is 7.05. The predicted octanol–water partition coefficient (Wildman–Crippen LogP) is 6.71. The zero-order chi connectivity index (χ0) is 26.3. The van der Waals surface area contributed by atoms with Crippen molar-refractivity contribution < 1.29 is 27.4 Å². The molecule has 2 aromatic carbocycles. The number of alkyl halides is 2. The van der Waals surface area contributed by atoms with Crippen molar-refractivity contribution in [3.05, 3.63) is 53.1 Å². The molecule has 1 fully saturated rings. The quantitative estimate of drug-likeness (QED) is 0.369. The molecule has 4 rings (SSSR count). The highest BCUT2D eigenvalue weighted by Gasteiger charge is 2.36. The van der Waals surface area contributed by atoms with Gasteiger partial charge in [-0.2, -0.15) is 0 Å². The molecule has 0 aliphatic carbocycles. The number of hydrogen-bond acceptors (Lipinski definition) is 6. The van der Waals surface area contributed by atoms with Crippen molar-refractivity contribution in [1.82, 2.24) is 9.97 Å². The first-order valence-corrected chi connectivity index (χ1v) is 12.0. The van der Waals surface area contributed by atoms with E-state index >= 15 is 4.39 Å². The molecule has 0 spiro atoms. The smallest absolute Gasteiger partial charge is 0.273 e. The first-order valence-electron chi connectivity index (χ1n) is 12.0. The van der Waals surface area contributed by atoms with Crippen molar-refractivity contribution >= 4 is 16.7 Å². The van der Waals surface area contributed by atoms with E-state index in [0.29, 0.717) is 47.6 Å². The summed E-state index contributed by atoms with van der Waals surface area (Å²) in [6.45, 7) is 8.76. The Balaban J connectivity index is 1.73. The molecule has 1 N–H and O–H groups in total. The molecule has 0 amide bonds. The summed E-state index contributed by atoms with van der Waals surface area (Å²) >= 11 is 0. The fourth-order valence-electron chi connectivity index (χ4n) is 4.58. The van der Waals surface area contributed by atoms with Gasteiger partial charge in [-0.25, -0.2) is 23.1 Å². The molecule has 1 saturated heterocycles. The molecule has 6 nitrogen and oxygen atoms in total. The van der Waals surface area contributed by atoms with E-state index < -0.39 is 28.9 Å². The van der Waals surface area contributed by atoms with Crippen LogP contribution in [-0.2, 0) is 10.7 Å². The van der Waals surface area contributed by atoms with Gasteiger partial charge in [-0.05, 0) is 46.6 Å². The molecule has 0 radical (unpaired) electrons. The number of halogens is 3. The van der Waals surface area contributed by atoms with Gasteiger partial charge < -0.3 is 19.5 Å². The Morgan fingerprint density at radius 1 is 1.14 bits per heavy atom. The van der Waals surface area contributed by atoms with Gasteiger partial charge in [0.15, 0.2) is 11.5 Å². The number of aromatic nitrogens is 2. The van der Waals surface area contributed by atoms with Crippen LogP contribution >= 0.6 is 0 Å². The van der Waals surface area contributed by atoms with Gasteiger partial charge in [0, 0.05) is 30.5 Å². The fraction of sp³-hybridized carbons (Fsp3) is 0.481. The number of ether oxygens (including phenoxy) is 3. The van der Waals surface area contributed by atoms with Crippen molar-refractivity contribution in [3.63, 3.8) is 0 Å². The summed E-state index contributed by atoms with van der Waals surface area (Å²) in [7, 11) is 1.56. The number of fused-ring (bicyclic) bond motifs is 1. The van der Waals surface area contributed by atoms with E-state index in [1.54, 1.807) is 33.1 Å². The molecule has 1 aliphatic rings. The summed E-state index contributed by atoms with van der Waals surface area (Å²) in [5.74, 6) is -2.31. The predicted molar refractivity (Wildman–Crippen MR) is 133 cm³/mol. The third-order valence-corrected chi connectivity index (χ3v) is 6.49. The van der Waals surface area contributed by atoms with Gasteiger partial charge in [0.2, 0.25) is 0 Å². The fourth-order valence-corrected chi connectivity index (χ4v) is 4.58. The SMILES string of the molecule is COc1cc2nc(C)nc(N[C@H](C)c3cccc(C(C)(F)F)c3F)c2cc1OC(C)(C)C1CCCO1. The molecule has 2 atom stereocenters. The number of methoxy groups -OCH3 is 1. The Morgan fingerprint density at radius 3 is 2.53 bits per heavy atom. The average Bonchev–Trinajstić information content (AvgIpc) is 3.34. The molecule has 0 bridgehead atoms. The largest absolute Gasteiger partial charge is 0.493 e. The molecular formula is C27H32F3N3O3. The third-order valence-electron chi connectivity index (χ3n) is 6.49. The lowest BCUT2D eigenvalue weighted by molar-refractivity contribution is -0.0438. The van der Waals surface area contributed by atoms with Crippen molar-refractivity contribution in [2.45, 2.75) is 71.1 Å². The lowest BCUT2D eigenvalue weighted by Gasteiger charge is -2.32. The first-order chi connectivity index (χ1) is 16.9. The molecule has 2 heterocycles. The summed E-state index contributed by atoms with van der Waals surface area (Å²) in [6, 6.07) is 6.91. The second kappa shape index (κ2) is 9.76. The molecule has 3 aromatic rings. The van der Waals surface area contributed by atoms with Crippen molar-refractivity contribution in [1.29, 1.82) is 0 Å². The van der Waals surface area contributed by atoms with Crippen molar-refractivity contribution in [3.8, 4) is 11.5 Å². The second-order valence-corrected chi connectivity index (χ2v) is 9.81. The van der Waals surface area contributed by atoms with Crippen LogP contribution in [0.1, 0.15) is 63.5 Å². The molecule has 194 valence electrons. The van der Waals surface area contributed by atoms with Gasteiger partial charge >= 0.3 is 0 Å². The molecule has 1 unspecified atom stereocenters. The van der Waals surface area contributed by atoms with Crippen LogP contribution in [0.5, 0.6) is 11.5 Å². The standard InChI is InChI=1S/C27H32F3N3O3/c1-15(17-9-7-10-19(24(17)28)27(5,29)30)31-25-18-13-22(36-26(3,4)23-11-8-12-35-23)21(34-6)14-20(18)32-16(2)33-25/h7,9-10,13-15,23H,8,11-12H2,1-6H3,(H,31,32,33)/t15-,23?/m1/s1. The second-order valence-electron chi connectivity index (χ2n) is 9.81. The van der Waals surface area contributed by atoms with Gasteiger partial charge in [-0.3, -0.25) is 0 Å². The zero-order valence-corrected chi connectivity index (χ0v) is 21.4. The summed E-state index contributed by atoms with van der Waals surface area (Å²) in [6.07, 6.45) is 1.82. The van der Waals surface area contributed by atoms with Gasteiger partial charge in [0.25, 0.3) is 5.92 Å². The van der Waals surface area contributed by atoms with Crippen LogP contribution < -0.4 is 14.8 Å². The monoisotopic (exact) mass is 503 g/mol. The first kappa shape index (κ1) is 26.0. The number of rotatable bonds is 8. The van der Waals surface area contributed by atoms with E-state index in [0.717, 1.165) is 18.9 Å². The maximum Gasteiger partial charge on any atom is 0.273 e. The van der Waals surface area contributed by atoms with Crippen LogP contribution in [-0.4, -0.2) is 35.4 Å². The van der Waals surface area contributed by atoms with Crippen LogP contribution in [0.2, 0.25) is 0 Å². The number of anilines is 1. The lowest BCUT2D eigenvalue weighted by Crippen LogP contribution is -2.41.